The van der Waals surface area contributed by atoms with E-state index in [9.17, 15) is 9.59 Å². The number of aryl methyl sites for hydroxylation is 2. The molecule has 0 aliphatic heterocycles. The van der Waals surface area contributed by atoms with Crippen LogP contribution in [0.15, 0.2) is 58.0 Å². The summed E-state index contributed by atoms with van der Waals surface area (Å²) in [6.07, 6.45) is 1.39. The Hall–Kier alpha value is -3.58. The highest BCUT2D eigenvalue weighted by molar-refractivity contribution is 6.32. The van der Waals surface area contributed by atoms with E-state index in [0.29, 0.717) is 34.5 Å². The minimum absolute atomic E-state index is 0.186. The summed E-state index contributed by atoms with van der Waals surface area (Å²) in [6.45, 7) is 5.64. The first-order valence-corrected chi connectivity index (χ1v) is 10.3. The van der Waals surface area contributed by atoms with Gasteiger partial charge in [-0.1, -0.05) is 23.7 Å². The van der Waals surface area contributed by atoms with Crippen LogP contribution in [0.1, 0.15) is 34.2 Å². The van der Waals surface area contributed by atoms with E-state index >= 15 is 0 Å². The van der Waals surface area contributed by atoms with Gasteiger partial charge >= 0.3 is 5.97 Å². The fraction of sp³-hybridized carbons (Fsp3) is 0.208. The third-order valence-corrected chi connectivity index (χ3v) is 5.06. The van der Waals surface area contributed by atoms with Crippen molar-refractivity contribution in [1.29, 1.82) is 0 Å². The number of hydrogen-bond acceptors (Lipinski definition) is 6. The molecule has 0 fully saturated rings. The van der Waals surface area contributed by atoms with Gasteiger partial charge in [-0.3, -0.25) is 4.79 Å². The van der Waals surface area contributed by atoms with Crippen LogP contribution < -0.4 is 10.2 Å². The largest absolute Gasteiger partial charge is 0.484 e. The maximum atomic E-state index is 12.0. The summed E-state index contributed by atoms with van der Waals surface area (Å²) >= 11 is 6.13. The van der Waals surface area contributed by atoms with E-state index in [0.717, 1.165) is 16.7 Å². The zero-order valence-electron chi connectivity index (χ0n) is 18.0. The van der Waals surface area contributed by atoms with Crippen molar-refractivity contribution in [3.63, 3.8) is 0 Å². The molecule has 1 amide bonds. The second-order valence-corrected chi connectivity index (χ2v) is 7.33. The maximum Gasteiger partial charge on any atom is 0.338 e. The van der Waals surface area contributed by atoms with E-state index < -0.39 is 5.91 Å². The summed E-state index contributed by atoms with van der Waals surface area (Å²) in [5.74, 6) is 0.845. The SMILES string of the molecule is CCOC(=O)c1ccc(-c2ccc(C=NNC(=O)COc3cc(C)c(Cl)c(C)c3)o2)cc1. The van der Waals surface area contributed by atoms with Crippen molar-refractivity contribution in [1.82, 2.24) is 5.43 Å². The quantitative estimate of drug-likeness (QED) is 0.296. The van der Waals surface area contributed by atoms with Crippen LogP contribution in [-0.2, 0) is 9.53 Å². The van der Waals surface area contributed by atoms with Crippen LogP contribution in [-0.4, -0.2) is 31.3 Å². The molecule has 8 heteroatoms. The van der Waals surface area contributed by atoms with Crippen molar-refractivity contribution in [3.05, 3.63) is 76.0 Å². The van der Waals surface area contributed by atoms with Gasteiger partial charge in [-0.15, -0.1) is 0 Å². The Morgan fingerprint density at radius 2 is 1.78 bits per heavy atom. The highest BCUT2D eigenvalue weighted by Gasteiger charge is 2.09. The number of hydrogen-bond donors (Lipinski definition) is 1. The molecule has 7 nitrogen and oxygen atoms in total. The first-order chi connectivity index (χ1) is 15.4. The third-order valence-electron chi connectivity index (χ3n) is 4.47. The zero-order valence-corrected chi connectivity index (χ0v) is 18.7. The summed E-state index contributed by atoms with van der Waals surface area (Å²) in [7, 11) is 0. The van der Waals surface area contributed by atoms with Crippen molar-refractivity contribution >= 4 is 29.7 Å². The molecule has 0 unspecified atom stereocenters. The molecule has 1 N–H and O–H groups in total. The fourth-order valence-electron chi connectivity index (χ4n) is 2.90. The molecular weight excluding hydrogens is 432 g/mol. The molecule has 3 rings (SSSR count). The molecule has 0 radical (unpaired) electrons. The number of nitrogens with one attached hydrogen (secondary N) is 1. The topological polar surface area (TPSA) is 90.1 Å². The molecule has 0 atom stereocenters. The van der Waals surface area contributed by atoms with Crippen LogP contribution in [0.2, 0.25) is 5.02 Å². The molecule has 0 saturated carbocycles. The van der Waals surface area contributed by atoms with Crippen LogP contribution in [0.3, 0.4) is 0 Å². The lowest BCUT2D eigenvalue weighted by Gasteiger charge is -2.09. The number of carbonyl (C=O) groups is 2. The molecule has 32 heavy (non-hydrogen) atoms. The summed E-state index contributed by atoms with van der Waals surface area (Å²) < 4.78 is 16.2. The lowest BCUT2D eigenvalue weighted by Crippen LogP contribution is -2.24. The standard InChI is InChI=1S/C24H23ClN2O5/c1-4-30-24(29)18-7-5-17(6-8-18)21-10-9-19(32-21)13-26-27-22(28)14-31-20-11-15(2)23(25)16(3)12-20/h5-13H,4,14H2,1-3H3,(H,27,28). The predicted octanol–water partition coefficient (Wildman–Crippen LogP) is 4.92. The molecule has 1 heterocycles. The van der Waals surface area contributed by atoms with Gasteiger partial charge in [0.1, 0.15) is 17.3 Å². The minimum atomic E-state index is -0.409. The van der Waals surface area contributed by atoms with E-state index in [-0.39, 0.29) is 12.6 Å². The number of esters is 1. The van der Waals surface area contributed by atoms with Gasteiger partial charge in [-0.25, -0.2) is 10.2 Å². The molecule has 0 bridgehead atoms. The van der Waals surface area contributed by atoms with Gasteiger partial charge in [0.15, 0.2) is 6.61 Å². The van der Waals surface area contributed by atoms with Crippen molar-refractivity contribution in [3.8, 4) is 17.1 Å². The van der Waals surface area contributed by atoms with Gasteiger partial charge in [0, 0.05) is 10.6 Å². The number of furan rings is 1. The van der Waals surface area contributed by atoms with Crippen molar-refractivity contribution in [2.75, 3.05) is 13.2 Å². The minimum Gasteiger partial charge on any atom is -0.484 e. The van der Waals surface area contributed by atoms with E-state index in [1.807, 2.05) is 13.8 Å². The lowest BCUT2D eigenvalue weighted by molar-refractivity contribution is -0.123. The average molecular weight is 455 g/mol. The van der Waals surface area contributed by atoms with Crippen LogP contribution >= 0.6 is 11.6 Å². The average Bonchev–Trinajstić information content (AvgIpc) is 3.25. The molecular formula is C24H23ClN2O5. The number of amides is 1. The van der Waals surface area contributed by atoms with Crippen LogP contribution in [0.25, 0.3) is 11.3 Å². The molecule has 0 aliphatic rings. The van der Waals surface area contributed by atoms with Crippen molar-refractivity contribution < 1.29 is 23.5 Å². The molecule has 3 aromatic rings. The lowest BCUT2D eigenvalue weighted by atomic mass is 10.1. The van der Waals surface area contributed by atoms with Crippen molar-refractivity contribution in [2.24, 2.45) is 5.10 Å². The van der Waals surface area contributed by atoms with Crippen LogP contribution in [0.4, 0.5) is 0 Å². The van der Waals surface area contributed by atoms with Gasteiger partial charge in [0.2, 0.25) is 0 Å². The number of nitrogens with zero attached hydrogens (tertiary/aromatic N) is 1. The van der Waals surface area contributed by atoms with E-state index in [1.165, 1.54) is 6.21 Å². The van der Waals surface area contributed by atoms with Crippen LogP contribution in [0.5, 0.6) is 5.75 Å². The van der Waals surface area contributed by atoms with Gasteiger partial charge in [0.05, 0.1) is 18.4 Å². The first kappa shape index (κ1) is 23.1. The molecule has 0 spiro atoms. The number of halogens is 1. The Morgan fingerprint density at radius 3 is 2.44 bits per heavy atom. The second kappa shape index (κ2) is 10.6. The Labute approximate surface area is 191 Å². The van der Waals surface area contributed by atoms with E-state index in [4.69, 9.17) is 25.5 Å². The highest BCUT2D eigenvalue weighted by atomic mass is 35.5. The number of ether oxygens (including phenoxy) is 2. The van der Waals surface area contributed by atoms with E-state index in [1.54, 1.807) is 55.5 Å². The van der Waals surface area contributed by atoms with Gasteiger partial charge < -0.3 is 13.9 Å². The zero-order chi connectivity index (χ0) is 23.1. The maximum absolute atomic E-state index is 12.0. The number of carbonyl (C=O) groups excluding carboxylic acids is 2. The highest BCUT2D eigenvalue weighted by Crippen LogP contribution is 2.26. The van der Waals surface area contributed by atoms with Crippen molar-refractivity contribution in [2.45, 2.75) is 20.8 Å². The smallest absolute Gasteiger partial charge is 0.338 e. The Balaban J connectivity index is 1.52. The van der Waals surface area contributed by atoms with Crippen LogP contribution in [0, 0.1) is 13.8 Å². The number of benzene rings is 2. The Morgan fingerprint density at radius 1 is 1.09 bits per heavy atom. The molecule has 166 valence electrons. The normalized spacial score (nSPS) is 10.9. The van der Waals surface area contributed by atoms with Gasteiger partial charge in [-0.2, -0.15) is 5.10 Å². The van der Waals surface area contributed by atoms with Gasteiger partial charge in [0.25, 0.3) is 5.91 Å². The molecule has 1 aromatic heterocycles. The number of rotatable bonds is 8. The summed E-state index contributed by atoms with van der Waals surface area (Å²) in [5.41, 5.74) is 5.41. The monoisotopic (exact) mass is 454 g/mol. The summed E-state index contributed by atoms with van der Waals surface area (Å²) in [4.78, 5) is 23.7. The van der Waals surface area contributed by atoms with Gasteiger partial charge in [-0.05, 0) is 68.3 Å². The fourth-order valence-corrected chi connectivity index (χ4v) is 3.01. The molecule has 0 aliphatic carbocycles. The molecule has 2 aromatic carbocycles. The summed E-state index contributed by atoms with van der Waals surface area (Å²) in [6, 6.07) is 13.9. The molecule has 0 saturated heterocycles. The third kappa shape index (κ3) is 5.98. The Bertz CT molecular complexity index is 1110. The first-order valence-electron chi connectivity index (χ1n) is 9.96. The Kier molecular flexibility index (Phi) is 7.68. The van der Waals surface area contributed by atoms with E-state index in [2.05, 4.69) is 10.5 Å². The number of hydrazone groups is 1. The predicted molar refractivity (Wildman–Crippen MR) is 122 cm³/mol. The second-order valence-electron chi connectivity index (χ2n) is 6.95. The summed E-state index contributed by atoms with van der Waals surface area (Å²) in [5, 5.41) is 4.57.